The van der Waals surface area contributed by atoms with Crippen molar-refractivity contribution in [3.8, 4) is 22.9 Å². The van der Waals surface area contributed by atoms with Gasteiger partial charge in [0.15, 0.2) is 0 Å². The van der Waals surface area contributed by atoms with Crippen molar-refractivity contribution < 1.29 is 40.3 Å². The quantitative estimate of drug-likeness (QED) is 0.116. The van der Waals surface area contributed by atoms with E-state index in [1.165, 1.54) is 61.7 Å². The summed E-state index contributed by atoms with van der Waals surface area (Å²) in [6, 6.07) is 20.3. The van der Waals surface area contributed by atoms with Gasteiger partial charge in [-0.2, -0.15) is 23.5 Å². The number of benzene rings is 4. The van der Waals surface area contributed by atoms with Crippen molar-refractivity contribution in [2.75, 3.05) is 19.0 Å². The van der Waals surface area contributed by atoms with Crippen LogP contribution in [0.15, 0.2) is 89.8 Å². The predicted molar refractivity (Wildman–Crippen MR) is 193 cm³/mol. The van der Waals surface area contributed by atoms with Crippen LogP contribution >= 0.6 is 11.6 Å². The standard InChI is InChI=1S/C38H32ClF4N5O5S/c1-3-4-12-32-28(34(21-44)48(46-32)33-20-25(45-36(49)22-53-2)16-17-29(33)38(41,42)43)18-24-15-14-23(19-31(24)40)26-9-6-8-13-35(26)54(51,52)47-37(50)27-10-5-7-11-30(27)39/h5-11,13-17,19-20H,3-4,12,18,22H2,1-2H3,(H,45,49)(H,47,50). The van der Waals surface area contributed by atoms with Crippen LogP contribution in [0.2, 0.25) is 5.02 Å². The zero-order chi connectivity index (χ0) is 39.2. The van der Waals surface area contributed by atoms with E-state index in [9.17, 15) is 36.4 Å². The van der Waals surface area contributed by atoms with Crippen LogP contribution in [0.3, 0.4) is 0 Å². The Labute approximate surface area is 313 Å². The number of ether oxygens (including phenoxy) is 1. The van der Waals surface area contributed by atoms with Crippen LogP contribution in [0.25, 0.3) is 16.8 Å². The number of sulfonamides is 1. The van der Waals surface area contributed by atoms with Crippen LogP contribution < -0.4 is 10.0 Å². The molecule has 0 radical (unpaired) electrons. The number of carbonyl (C=O) groups is 2. The molecule has 1 aromatic heterocycles. The summed E-state index contributed by atoms with van der Waals surface area (Å²) in [4.78, 5) is 24.7. The van der Waals surface area contributed by atoms with Crippen LogP contribution in [0, 0.1) is 17.1 Å². The number of aromatic nitrogens is 2. The Morgan fingerprint density at radius 2 is 1.74 bits per heavy atom. The van der Waals surface area contributed by atoms with E-state index in [4.69, 9.17) is 16.3 Å². The van der Waals surface area contributed by atoms with Gasteiger partial charge >= 0.3 is 6.18 Å². The van der Waals surface area contributed by atoms with Crippen molar-refractivity contribution in [3.05, 3.63) is 129 Å². The summed E-state index contributed by atoms with van der Waals surface area (Å²) in [6.45, 7) is 1.55. The van der Waals surface area contributed by atoms with E-state index in [-0.39, 0.29) is 74.3 Å². The van der Waals surface area contributed by atoms with Gasteiger partial charge < -0.3 is 10.1 Å². The number of alkyl halides is 3. The molecule has 5 rings (SSSR count). The smallest absolute Gasteiger partial charge is 0.375 e. The monoisotopic (exact) mass is 781 g/mol. The number of nitrogens with one attached hydrogen (secondary N) is 2. The Morgan fingerprint density at radius 3 is 2.41 bits per heavy atom. The molecule has 0 unspecified atom stereocenters. The van der Waals surface area contributed by atoms with Gasteiger partial charge in [0.25, 0.3) is 15.9 Å². The highest BCUT2D eigenvalue weighted by Crippen LogP contribution is 2.37. The fourth-order valence-corrected chi connectivity index (χ4v) is 7.15. The lowest BCUT2D eigenvalue weighted by molar-refractivity contribution is -0.137. The first-order chi connectivity index (χ1) is 25.7. The molecule has 10 nitrogen and oxygen atoms in total. The van der Waals surface area contributed by atoms with Crippen molar-refractivity contribution in [3.63, 3.8) is 0 Å². The summed E-state index contributed by atoms with van der Waals surface area (Å²) >= 11 is 6.07. The molecule has 280 valence electrons. The van der Waals surface area contributed by atoms with Gasteiger partial charge in [-0.15, -0.1) is 0 Å². The Balaban J connectivity index is 1.54. The molecule has 0 spiro atoms. The fraction of sp³-hybridized carbons (Fsp3) is 0.211. The van der Waals surface area contributed by atoms with E-state index in [1.54, 1.807) is 6.07 Å². The van der Waals surface area contributed by atoms with E-state index < -0.39 is 45.1 Å². The summed E-state index contributed by atoms with van der Waals surface area (Å²) in [7, 11) is -3.20. The first kappa shape index (κ1) is 39.6. The van der Waals surface area contributed by atoms with Crippen molar-refractivity contribution in [1.29, 1.82) is 5.26 Å². The molecule has 5 aromatic rings. The normalized spacial score (nSPS) is 11.6. The van der Waals surface area contributed by atoms with Gasteiger partial charge in [-0.1, -0.05) is 67.4 Å². The molecule has 0 atom stereocenters. The minimum absolute atomic E-state index is 0.00320. The molecule has 2 amide bonds. The van der Waals surface area contributed by atoms with Crippen LogP contribution in [-0.2, 0) is 38.6 Å². The Morgan fingerprint density at radius 1 is 1.02 bits per heavy atom. The van der Waals surface area contributed by atoms with E-state index in [0.717, 1.165) is 28.9 Å². The molecular formula is C38H32ClF4N5O5S. The highest BCUT2D eigenvalue weighted by molar-refractivity contribution is 7.90. The largest absolute Gasteiger partial charge is 0.418 e. The van der Waals surface area contributed by atoms with E-state index >= 15 is 4.39 Å². The zero-order valence-electron chi connectivity index (χ0n) is 28.8. The van der Waals surface area contributed by atoms with Crippen LogP contribution in [0.5, 0.6) is 0 Å². The summed E-state index contributed by atoms with van der Waals surface area (Å²) in [6.07, 6.45) is -3.59. The fourth-order valence-electron chi connectivity index (χ4n) is 5.73. The molecule has 0 aliphatic rings. The molecule has 2 N–H and O–H groups in total. The highest BCUT2D eigenvalue weighted by atomic mass is 35.5. The molecule has 16 heteroatoms. The number of methoxy groups -OCH3 is 1. The highest BCUT2D eigenvalue weighted by Gasteiger charge is 2.36. The van der Waals surface area contributed by atoms with Gasteiger partial charge in [0, 0.05) is 30.3 Å². The molecule has 0 saturated carbocycles. The number of amides is 2. The van der Waals surface area contributed by atoms with Gasteiger partial charge in [-0.3, -0.25) is 9.59 Å². The molecule has 0 aliphatic carbocycles. The van der Waals surface area contributed by atoms with E-state index in [2.05, 4.69) is 10.4 Å². The lowest BCUT2D eigenvalue weighted by Gasteiger charge is -2.16. The molecule has 0 aliphatic heterocycles. The topological polar surface area (TPSA) is 143 Å². The van der Waals surface area contributed by atoms with Crippen molar-refractivity contribution in [2.24, 2.45) is 0 Å². The molecule has 0 fully saturated rings. The second kappa shape index (κ2) is 16.6. The number of unbranched alkanes of at least 4 members (excludes halogenated alkanes) is 1. The zero-order valence-corrected chi connectivity index (χ0v) is 30.4. The number of hydrogen-bond acceptors (Lipinski definition) is 7. The number of hydrogen-bond donors (Lipinski definition) is 2. The maximum atomic E-state index is 16.0. The van der Waals surface area contributed by atoms with Gasteiger partial charge in [0.05, 0.1) is 32.4 Å². The first-order valence-electron chi connectivity index (χ1n) is 16.4. The molecule has 0 bridgehead atoms. The lowest BCUT2D eigenvalue weighted by atomic mass is 9.97. The summed E-state index contributed by atoms with van der Waals surface area (Å²) in [5, 5.41) is 17.2. The summed E-state index contributed by atoms with van der Waals surface area (Å²) < 4.78 is 93.3. The number of nitriles is 1. The van der Waals surface area contributed by atoms with Crippen LogP contribution in [-0.4, -0.2) is 43.7 Å². The maximum absolute atomic E-state index is 16.0. The van der Waals surface area contributed by atoms with Crippen molar-refractivity contribution in [2.45, 2.75) is 43.7 Å². The Hall–Kier alpha value is -5.56. The third kappa shape index (κ3) is 8.79. The lowest BCUT2D eigenvalue weighted by Crippen LogP contribution is -2.31. The van der Waals surface area contributed by atoms with Gasteiger partial charge in [-0.05, 0) is 66.4 Å². The third-order valence-electron chi connectivity index (χ3n) is 8.28. The molecule has 0 saturated heterocycles. The van der Waals surface area contributed by atoms with Crippen LogP contribution in [0.1, 0.15) is 58.2 Å². The number of rotatable bonds is 13. The third-order valence-corrected chi connectivity index (χ3v) is 10.0. The van der Waals surface area contributed by atoms with Crippen LogP contribution in [0.4, 0.5) is 23.2 Å². The molecular weight excluding hydrogens is 750 g/mol. The van der Waals surface area contributed by atoms with Gasteiger partial charge in [0.1, 0.15) is 24.2 Å². The van der Waals surface area contributed by atoms with Gasteiger partial charge in [-0.25, -0.2) is 22.2 Å². The number of anilines is 1. The molecule has 4 aromatic carbocycles. The number of carbonyl (C=O) groups excluding carboxylic acids is 2. The second-order valence-electron chi connectivity index (χ2n) is 12.0. The number of nitrogens with zero attached hydrogens (tertiary/aromatic N) is 3. The SMILES string of the molecule is CCCCc1nn(-c2cc(NC(=O)COC)ccc2C(F)(F)F)c(C#N)c1Cc1ccc(-c2ccccc2S(=O)(=O)NC(=O)c2ccccc2Cl)cc1F. The van der Waals surface area contributed by atoms with Crippen molar-refractivity contribution in [1.82, 2.24) is 14.5 Å². The number of aryl methyl sites for hydroxylation is 1. The molecule has 54 heavy (non-hydrogen) atoms. The Bertz CT molecular complexity index is 2370. The average molecular weight is 782 g/mol. The summed E-state index contributed by atoms with van der Waals surface area (Å²) in [5.41, 5.74) is -1.21. The van der Waals surface area contributed by atoms with Gasteiger partial charge in [0.2, 0.25) is 5.91 Å². The maximum Gasteiger partial charge on any atom is 0.418 e. The second-order valence-corrected chi connectivity index (χ2v) is 14.1. The summed E-state index contributed by atoms with van der Waals surface area (Å²) in [5.74, 6) is -2.37. The van der Waals surface area contributed by atoms with E-state index in [1.807, 2.05) is 17.7 Å². The first-order valence-corrected chi connectivity index (χ1v) is 18.2. The Kier molecular flexibility index (Phi) is 12.2. The minimum atomic E-state index is -4.87. The minimum Gasteiger partial charge on any atom is -0.375 e. The average Bonchev–Trinajstić information content (AvgIpc) is 3.47. The number of halogens is 5. The predicted octanol–water partition coefficient (Wildman–Crippen LogP) is 7.86. The molecule has 1 heterocycles. The van der Waals surface area contributed by atoms with E-state index in [0.29, 0.717) is 12.8 Å². The van der Waals surface area contributed by atoms with Crippen molar-refractivity contribution >= 4 is 39.1 Å².